The fourth-order valence-corrected chi connectivity index (χ4v) is 2.98. The minimum atomic E-state index is -4.44. The van der Waals surface area contributed by atoms with Crippen molar-refractivity contribution in [3.8, 4) is 17.2 Å². The van der Waals surface area contributed by atoms with Crippen LogP contribution in [0.4, 0.5) is 26.3 Å². The van der Waals surface area contributed by atoms with Crippen LogP contribution in [0.25, 0.3) is 0 Å². The van der Waals surface area contributed by atoms with Gasteiger partial charge in [0.25, 0.3) is 0 Å². The molecule has 2 aromatic rings. The smallest absolute Gasteiger partial charge is 0.417 e. The first kappa shape index (κ1) is 24.4. The van der Waals surface area contributed by atoms with Gasteiger partial charge >= 0.3 is 12.4 Å². The molecule has 2 rings (SSSR count). The van der Waals surface area contributed by atoms with Crippen molar-refractivity contribution in [3.63, 3.8) is 0 Å². The minimum Gasteiger partial charge on any atom is -0.497 e. The predicted molar refractivity (Wildman–Crippen MR) is 97.9 cm³/mol. The van der Waals surface area contributed by atoms with Crippen LogP contribution in [-0.2, 0) is 12.4 Å². The molecular formula is C17H14Br2F6O3. The Hall–Kier alpha value is -1.62. The van der Waals surface area contributed by atoms with E-state index in [9.17, 15) is 26.3 Å². The second-order valence-electron chi connectivity index (χ2n) is 5.03. The van der Waals surface area contributed by atoms with Crippen LogP contribution in [0.2, 0.25) is 0 Å². The summed E-state index contributed by atoms with van der Waals surface area (Å²) in [6, 6.07) is 6.00. The Morgan fingerprint density at radius 1 is 0.679 bits per heavy atom. The monoisotopic (exact) mass is 538 g/mol. The van der Waals surface area contributed by atoms with E-state index in [1.54, 1.807) is 0 Å². The summed E-state index contributed by atoms with van der Waals surface area (Å²) in [7, 11) is 3.91. The van der Waals surface area contributed by atoms with Crippen LogP contribution >= 0.6 is 31.9 Å². The highest BCUT2D eigenvalue weighted by Crippen LogP contribution is 2.42. The standard InChI is InChI=1S/C9H8BrF3O2.C8H6BrF3O/c1-14-5-3-6(9(11,12)13)8(10)7(4-5)15-2;1-13-5-2-3-7(9)6(4-5)8(10,11)12/h3-4H,1-2H3;2-4H,1H3. The van der Waals surface area contributed by atoms with Crippen molar-refractivity contribution in [2.75, 3.05) is 21.3 Å². The Morgan fingerprint density at radius 3 is 1.61 bits per heavy atom. The van der Waals surface area contributed by atoms with Crippen molar-refractivity contribution in [2.45, 2.75) is 12.4 Å². The van der Waals surface area contributed by atoms with E-state index in [1.165, 1.54) is 39.5 Å². The largest absolute Gasteiger partial charge is 0.497 e. The van der Waals surface area contributed by atoms with E-state index < -0.39 is 23.5 Å². The molecule has 0 amide bonds. The lowest BCUT2D eigenvalue weighted by Crippen LogP contribution is -2.07. The fraction of sp³-hybridized carbons (Fsp3) is 0.294. The van der Waals surface area contributed by atoms with E-state index in [1.807, 2.05) is 0 Å². The van der Waals surface area contributed by atoms with Gasteiger partial charge in [-0.15, -0.1) is 0 Å². The molecule has 0 heterocycles. The first-order chi connectivity index (χ1) is 12.8. The van der Waals surface area contributed by atoms with Crippen molar-refractivity contribution >= 4 is 31.9 Å². The zero-order valence-corrected chi connectivity index (χ0v) is 17.8. The summed E-state index contributed by atoms with van der Waals surface area (Å²) in [6.45, 7) is 0. The SMILES string of the molecule is COc1cc(OC)c(Br)c(C(F)(F)F)c1.COc1ccc(Br)c(C(F)(F)F)c1. The molecular weight excluding hydrogens is 526 g/mol. The quantitative estimate of drug-likeness (QED) is 0.395. The molecule has 0 aliphatic heterocycles. The van der Waals surface area contributed by atoms with Crippen molar-refractivity contribution in [2.24, 2.45) is 0 Å². The summed E-state index contributed by atoms with van der Waals surface area (Å²) in [6.07, 6.45) is -8.80. The molecule has 0 fully saturated rings. The second kappa shape index (κ2) is 9.73. The number of hydrogen-bond acceptors (Lipinski definition) is 3. The molecule has 0 unspecified atom stereocenters. The normalized spacial score (nSPS) is 11.4. The van der Waals surface area contributed by atoms with E-state index in [0.717, 1.165) is 12.1 Å². The van der Waals surface area contributed by atoms with Crippen LogP contribution in [0.3, 0.4) is 0 Å². The lowest BCUT2D eigenvalue weighted by molar-refractivity contribution is -0.139. The summed E-state index contributed by atoms with van der Waals surface area (Å²) in [5.74, 6) is 0.375. The summed E-state index contributed by atoms with van der Waals surface area (Å²) >= 11 is 5.66. The van der Waals surface area contributed by atoms with Gasteiger partial charge in [-0.25, -0.2) is 0 Å². The van der Waals surface area contributed by atoms with Crippen molar-refractivity contribution in [1.29, 1.82) is 0 Å². The van der Waals surface area contributed by atoms with Gasteiger partial charge in [0.05, 0.1) is 36.9 Å². The number of rotatable bonds is 3. The molecule has 0 saturated heterocycles. The topological polar surface area (TPSA) is 27.7 Å². The molecule has 3 nitrogen and oxygen atoms in total. The molecule has 0 bridgehead atoms. The van der Waals surface area contributed by atoms with E-state index in [-0.39, 0.29) is 26.2 Å². The van der Waals surface area contributed by atoms with E-state index in [2.05, 4.69) is 36.6 Å². The fourth-order valence-electron chi connectivity index (χ4n) is 1.89. The molecule has 156 valence electrons. The maximum atomic E-state index is 12.5. The summed E-state index contributed by atoms with van der Waals surface area (Å²) < 4.78 is 88.6. The molecule has 0 saturated carbocycles. The first-order valence-corrected chi connectivity index (χ1v) is 8.83. The van der Waals surface area contributed by atoms with Crippen molar-refractivity contribution in [3.05, 3.63) is 50.4 Å². The third-order valence-corrected chi connectivity index (χ3v) is 4.76. The Kier molecular flexibility index (Phi) is 8.48. The highest BCUT2D eigenvalue weighted by Gasteiger charge is 2.35. The number of benzene rings is 2. The van der Waals surface area contributed by atoms with Gasteiger partial charge in [-0.3, -0.25) is 0 Å². The highest BCUT2D eigenvalue weighted by molar-refractivity contribution is 9.10. The van der Waals surface area contributed by atoms with Crippen LogP contribution < -0.4 is 14.2 Å². The highest BCUT2D eigenvalue weighted by atomic mass is 79.9. The molecule has 0 atom stereocenters. The zero-order valence-electron chi connectivity index (χ0n) is 14.6. The maximum Gasteiger partial charge on any atom is 0.417 e. The minimum absolute atomic E-state index is 0.0146. The van der Waals surface area contributed by atoms with E-state index >= 15 is 0 Å². The van der Waals surface area contributed by atoms with Gasteiger partial charge in [-0.2, -0.15) is 26.3 Å². The van der Waals surface area contributed by atoms with Crippen LogP contribution in [0.5, 0.6) is 17.2 Å². The van der Waals surface area contributed by atoms with Gasteiger partial charge in [-0.05, 0) is 40.2 Å². The Balaban J connectivity index is 0.000000283. The first-order valence-electron chi connectivity index (χ1n) is 7.24. The Labute approximate surface area is 173 Å². The van der Waals surface area contributed by atoms with Crippen molar-refractivity contribution in [1.82, 2.24) is 0 Å². The van der Waals surface area contributed by atoms with Crippen LogP contribution in [0.15, 0.2) is 39.3 Å². The van der Waals surface area contributed by atoms with Crippen LogP contribution in [0.1, 0.15) is 11.1 Å². The molecule has 0 aliphatic rings. The van der Waals surface area contributed by atoms with E-state index in [4.69, 9.17) is 9.47 Å². The number of hydrogen-bond donors (Lipinski definition) is 0. The molecule has 0 radical (unpaired) electrons. The molecule has 28 heavy (non-hydrogen) atoms. The van der Waals surface area contributed by atoms with Gasteiger partial charge in [0, 0.05) is 10.5 Å². The van der Waals surface area contributed by atoms with Crippen LogP contribution in [-0.4, -0.2) is 21.3 Å². The predicted octanol–water partition coefficient (Wildman–Crippen LogP) is 6.96. The molecule has 2 aromatic carbocycles. The molecule has 0 N–H and O–H groups in total. The Morgan fingerprint density at radius 2 is 1.18 bits per heavy atom. The molecule has 0 aliphatic carbocycles. The van der Waals surface area contributed by atoms with Gasteiger partial charge in [-0.1, -0.05) is 15.9 Å². The Bertz CT molecular complexity index is 807. The average Bonchev–Trinajstić information content (AvgIpc) is 2.61. The van der Waals surface area contributed by atoms with Crippen molar-refractivity contribution < 1.29 is 40.6 Å². The number of methoxy groups -OCH3 is 3. The lowest BCUT2D eigenvalue weighted by atomic mass is 10.2. The van der Waals surface area contributed by atoms with Crippen LogP contribution in [0, 0.1) is 0 Å². The number of alkyl halides is 6. The molecule has 0 spiro atoms. The lowest BCUT2D eigenvalue weighted by Gasteiger charge is -2.13. The van der Waals surface area contributed by atoms with Gasteiger partial charge in [0.2, 0.25) is 0 Å². The number of halogens is 8. The van der Waals surface area contributed by atoms with E-state index in [0.29, 0.717) is 0 Å². The molecule has 11 heteroatoms. The molecule has 0 aromatic heterocycles. The van der Waals surface area contributed by atoms with Gasteiger partial charge in [0.15, 0.2) is 0 Å². The third kappa shape index (κ3) is 6.47. The second-order valence-corrected chi connectivity index (χ2v) is 6.68. The van der Waals surface area contributed by atoms with Gasteiger partial charge in [0.1, 0.15) is 17.2 Å². The summed E-state index contributed by atoms with van der Waals surface area (Å²) in [5.41, 5.74) is -1.55. The maximum absolute atomic E-state index is 12.5. The summed E-state index contributed by atoms with van der Waals surface area (Å²) in [4.78, 5) is 0. The van der Waals surface area contributed by atoms with Gasteiger partial charge < -0.3 is 14.2 Å². The number of ether oxygens (including phenoxy) is 3. The zero-order chi connectivity index (χ0) is 21.7. The summed E-state index contributed by atoms with van der Waals surface area (Å²) in [5, 5.41) is 0. The third-order valence-electron chi connectivity index (χ3n) is 3.25. The average molecular weight is 540 g/mol.